The summed E-state index contributed by atoms with van der Waals surface area (Å²) in [6.07, 6.45) is 2.00. The first kappa shape index (κ1) is 15.1. The predicted molar refractivity (Wildman–Crippen MR) is 91.5 cm³/mol. The Balaban J connectivity index is 1.69. The number of para-hydroxylation sites is 2. The van der Waals surface area contributed by atoms with Gasteiger partial charge in [-0.15, -0.1) is 11.3 Å². The number of esters is 1. The Kier molecular flexibility index (Phi) is 3.72. The molecular formula is C17H17N3O3S. The van der Waals surface area contributed by atoms with Gasteiger partial charge >= 0.3 is 5.97 Å². The van der Waals surface area contributed by atoms with Crippen molar-refractivity contribution in [2.45, 2.75) is 25.8 Å². The van der Waals surface area contributed by atoms with E-state index in [1.54, 1.807) is 0 Å². The quantitative estimate of drug-likeness (QED) is 0.675. The third-order valence-electron chi connectivity index (χ3n) is 4.26. The molecule has 124 valence electrons. The molecule has 1 saturated heterocycles. The normalized spacial score (nSPS) is 17.6. The molecular weight excluding hydrogens is 326 g/mol. The van der Waals surface area contributed by atoms with Gasteiger partial charge in [-0.3, -0.25) is 0 Å². The van der Waals surface area contributed by atoms with Crippen LogP contribution < -0.4 is 4.90 Å². The molecule has 0 saturated carbocycles. The number of aryl methyl sites for hydroxylation is 1. The number of oxazole rings is 1. The number of hydrogen-bond acceptors (Lipinski definition) is 7. The molecule has 1 atom stereocenters. The number of hydrogen-bond donors (Lipinski definition) is 0. The van der Waals surface area contributed by atoms with E-state index < -0.39 is 0 Å². The predicted octanol–water partition coefficient (Wildman–Crippen LogP) is 3.72. The molecule has 0 spiro atoms. The van der Waals surface area contributed by atoms with Gasteiger partial charge in [0.1, 0.15) is 10.5 Å². The van der Waals surface area contributed by atoms with Gasteiger partial charge in [0.25, 0.3) is 6.01 Å². The van der Waals surface area contributed by atoms with Crippen LogP contribution in [0.1, 0.15) is 39.3 Å². The third-order valence-corrected chi connectivity index (χ3v) is 5.33. The number of aromatic nitrogens is 2. The zero-order chi connectivity index (χ0) is 16.7. The number of thiazole rings is 1. The van der Waals surface area contributed by atoms with Crippen LogP contribution in [-0.2, 0) is 4.74 Å². The van der Waals surface area contributed by atoms with Crippen LogP contribution in [0.4, 0.5) is 6.01 Å². The molecule has 24 heavy (non-hydrogen) atoms. The molecule has 0 bridgehead atoms. The molecule has 2 aromatic heterocycles. The lowest BCUT2D eigenvalue weighted by atomic mass is 10.2. The van der Waals surface area contributed by atoms with Gasteiger partial charge in [0.2, 0.25) is 0 Å². The van der Waals surface area contributed by atoms with Crippen LogP contribution in [0.2, 0.25) is 0 Å². The number of ether oxygens (including phenoxy) is 1. The van der Waals surface area contributed by atoms with Crippen LogP contribution in [0.5, 0.6) is 0 Å². The molecule has 1 fully saturated rings. The summed E-state index contributed by atoms with van der Waals surface area (Å²) in [4.78, 5) is 23.9. The highest BCUT2D eigenvalue weighted by molar-refractivity contribution is 7.12. The van der Waals surface area contributed by atoms with E-state index in [9.17, 15) is 4.79 Å². The number of anilines is 1. The molecule has 3 aromatic rings. The molecule has 6 nitrogen and oxygen atoms in total. The number of rotatable bonds is 3. The van der Waals surface area contributed by atoms with Crippen LogP contribution in [-0.4, -0.2) is 29.6 Å². The maximum Gasteiger partial charge on any atom is 0.357 e. The average Bonchev–Trinajstić information content (AvgIpc) is 3.30. The monoisotopic (exact) mass is 343 g/mol. The van der Waals surface area contributed by atoms with Crippen molar-refractivity contribution in [2.24, 2.45) is 0 Å². The Bertz CT molecular complexity index is 869. The minimum atomic E-state index is -0.388. The lowest BCUT2D eigenvalue weighted by Gasteiger charge is -2.20. The minimum Gasteiger partial charge on any atom is -0.464 e. The number of nitrogens with zero attached hydrogens (tertiary/aromatic N) is 3. The Morgan fingerprint density at radius 2 is 2.21 bits per heavy atom. The lowest BCUT2D eigenvalue weighted by Crippen LogP contribution is -2.22. The molecule has 0 N–H and O–H groups in total. The fourth-order valence-electron chi connectivity index (χ4n) is 3.08. The summed E-state index contributed by atoms with van der Waals surface area (Å²) in [5.41, 5.74) is 2.04. The van der Waals surface area contributed by atoms with Gasteiger partial charge in [-0.25, -0.2) is 9.78 Å². The van der Waals surface area contributed by atoms with E-state index in [4.69, 9.17) is 9.15 Å². The maximum absolute atomic E-state index is 11.8. The van der Waals surface area contributed by atoms with Crippen LogP contribution in [0.3, 0.4) is 0 Å². The molecule has 4 rings (SSSR count). The fourth-order valence-corrected chi connectivity index (χ4v) is 4.14. The maximum atomic E-state index is 11.8. The number of methoxy groups -OCH3 is 1. The van der Waals surface area contributed by atoms with Gasteiger partial charge in [0, 0.05) is 11.4 Å². The molecule has 0 radical (unpaired) electrons. The topological polar surface area (TPSA) is 68.5 Å². The van der Waals surface area contributed by atoms with Crippen LogP contribution in [0.25, 0.3) is 11.1 Å². The van der Waals surface area contributed by atoms with Crippen molar-refractivity contribution in [2.75, 3.05) is 18.6 Å². The van der Waals surface area contributed by atoms with E-state index in [1.165, 1.54) is 18.4 Å². The summed E-state index contributed by atoms with van der Waals surface area (Å²) in [5, 5.41) is 0.910. The Morgan fingerprint density at radius 3 is 3.00 bits per heavy atom. The van der Waals surface area contributed by atoms with Crippen molar-refractivity contribution in [3.05, 3.63) is 39.8 Å². The summed E-state index contributed by atoms with van der Waals surface area (Å²) in [5.74, 6) is -0.388. The van der Waals surface area contributed by atoms with Crippen molar-refractivity contribution in [3.63, 3.8) is 0 Å². The Labute approximate surface area is 143 Å². The van der Waals surface area contributed by atoms with E-state index in [0.717, 1.165) is 40.4 Å². The largest absolute Gasteiger partial charge is 0.464 e. The van der Waals surface area contributed by atoms with Crippen LogP contribution >= 0.6 is 11.3 Å². The van der Waals surface area contributed by atoms with Crippen LogP contribution in [0.15, 0.2) is 28.7 Å². The van der Waals surface area contributed by atoms with Gasteiger partial charge in [0.15, 0.2) is 11.3 Å². The molecule has 7 heteroatoms. The van der Waals surface area contributed by atoms with Crippen molar-refractivity contribution in [3.8, 4) is 0 Å². The van der Waals surface area contributed by atoms with E-state index in [0.29, 0.717) is 11.7 Å². The number of carbonyl (C=O) groups is 1. The average molecular weight is 343 g/mol. The molecule has 1 aromatic carbocycles. The van der Waals surface area contributed by atoms with Gasteiger partial charge in [0.05, 0.1) is 13.2 Å². The summed E-state index contributed by atoms with van der Waals surface area (Å²) < 4.78 is 10.7. The van der Waals surface area contributed by atoms with Gasteiger partial charge < -0.3 is 14.1 Å². The van der Waals surface area contributed by atoms with E-state index in [1.807, 2.05) is 31.2 Å². The Hall–Kier alpha value is -2.41. The van der Waals surface area contributed by atoms with Crippen molar-refractivity contribution < 1.29 is 13.9 Å². The fraction of sp³-hybridized carbons (Fsp3) is 0.353. The first-order valence-corrected chi connectivity index (χ1v) is 8.67. The zero-order valence-corrected chi connectivity index (χ0v) is 14.3. The molecule has 0 unspecified atom stereocenters. The van der Waals surface area contributed by atoms with Crippen molar-refractivity contribution in [1.29, 1.82) is 0 Å². The molecule has 0 amide bonds. The highest BCUT2D eigenvalue weighted by Crippen LogP contribution is 2.39. The molecule has 1 aliphatic rings. The SMILES string of the molecule is COC(=O)c1nc([C@H]2CCCN2c2nc3ccccc3o2)sc1C. The third kappa shape index (κ3) is 2.45. The number of fused-ring (bicyclic) bond motifs is 1. The second kappa shape index (κ2) is 5.90. The van der Waals surface area contributed by atoms with E-state index in [2.05, 4.69) is 14.9 Å². The van der Waals surface area contributed by atoms with Gasteiger partial charge in [-0.1, -0.05) is 12.1 Å². The standard InChI is InChI=1S/C17H17N3O3S/c1-10-14(16(21)22-2)19-15(24-10)12-7-5-9-20(12)17-18-11-6-3-4-8-13(11)23-17/h3-4,6,8,12H,5,7,9H2,1-2H3/t12-/m1/s1. The second-order valence-electron chi connectivity index (χ2n) is 5.76. The van der Waals surface area contributed by atoms with Gasteiger partial charge in [-0.2, -0.15) is 4.98 Å². The summed E-state index contributed by atoms with van der Waals surface area (Å²) in [6, 6.07) is 8.44. The second-order valence-corrected chi connectivity index (χ2v) is 7.00. The number of benzene rings is 1. The number of carbonyl (C=O) groups excluding carboxylic acids is 1. The Morgan fingerprint density at radius 1 is 1.38 bits per heavy atom. The lowest BCUT2D eigenvalue weighted by molar-refractivity contribution is 0.0594. The minimum absolute atomic E-state index is 0.0835. The van der Waals surface area contributed by atoms with Crippen LogP contribution in [0, 0.1) is 6.92 Å². The van der Waals surface area contributed by atoms with E-state index >= 15 is 0 Å². The highest BCUT2D eigenvalue weighted by Gasteiger charge is 2.33. The van der Waals surface area contributed by atoms with E-state index in [-0.39, 0.29) is 12.0 Å². The summed E-state index contributed by atoms with van der Waals surface area (Å²) >= 11 is 1.54. The van der Waals surface area contributed by atoms with Gasteiger partial charge in [-0.05, 0) is 31.9 Å². The zero-order valence-electron chi connectivity index (χ0n) is 13.5. The first-order chi connectivity index (χ1) is 11.7. The van der Waals surface area contributed by atoms with Crippen molar-refractivity contribution in [1.82, 2.24) is 9.97 Å². The summed E-state index contributed by atoms with van der Waals surface area (Å²) in [7, 11) is 1.38. The first-order valence-electron chi connectivity index (χ1n) is 7.85. The molecule has 0 aliphatic carbocycles. The molecule has 3 heterocycles. The smallest absolute Gasteiger partial charge is 0.357 e. The summed E-state index contributed by atoms with van der Waals surface area (Å²) in [6.45, 7) is 2.76. The molecule has 1 aliphatic heterocycles. The highest BCUT2D eigenvalue weighted by atomic mass is 32.1. The van der Waals surface area contributed by atoms with Crippen molar-refractivity contribution >= 4 is 34.4 Å².